The summed E-state index contributed by atoms with van der Waals surface area (Å²) in [4.78, 5) is 10.3. The van der Waals surface area contributed by atoms with Crippen LogP contribution in [0.4, 0.5) is 8.78 Å². The van der Waals surface area contributed by atoms with Gasteiger partial charge < -0.3 is 15.3 Å². The van der Waals surface area contributed by atoms with Gasteiger partial charge in [0.05, 0.1) is 0 Å². The van der Waals surface area contributed by atoms with E-state index in [2.05, 4.69) is 0 Å². The van der Waals surface area contributed by atoms with Gasteiger partial charge in [-0.25, -0.2) is 4.79 Å². The zero-order chi connectivity index (χ0) is 11.7. The van der Waals surface area contributed by atoms with Crippen LogP contribution in [0, 0.1) is 0 Å². The molecule has 82 valence electrons. The Kier molecular flexibility index (Phi) is 2.74. The molecule has 0 aromatic heterocycles. The van der Waals surface area contributed by atoms with Crippen LogP contribution in [0.1, 0.15) is 5.56 Å². The highest BCUT2D eigenvalue weighted by atomic mass is 19.3. The minimum atomic E-state index is -4.28. The normalized spacial score (nSPS) is 12.5. The van der Waals surface area contributed by atoms with Gasteiger partial charge in [0.25, 0.3) is 0 Å². The highest BCUT2D eigenvalue weighted by molar-refractivity contribution is 5.76. The van der Waals surface area contributed by atoms with Gasteiger partial charge in [-0.05, 0) is 0 Å². The molecule has 1 rings (SSSR count). The zero-order valence-corrected chi connectivity index (χ0v) is 7.39. The number of carboxylic acid groups (broad SMARTS) is 1. The van der Waals surface area contributed by atoms with Crippen molar-refractivity contribution in [2.45, 2.75) is 11.7 Å². The maximum atomic E-state index is 13.3. The summed E-state index contributed by atoms with van der Waals surface area (Å²) in [5.41, 5.74) is -0.780. The van der Waals surface area contributed by atoms with Gasteiger partial charge in [-0.2, -0.15) is 8.78 Å². The number of carboxylic acids is 1. The quantitative estimate of drug-likeness (QED) is 0.647. The third kappa shape index (κ3) is 1.81. The summed E-state index contributed by atoms with van der Waals surface area (Å²) < 4.78 is 26.6. The van der Waals surface area contributed by atoms with Crippen molar-refractivity contribution in [3.8, 4) is 0 Å². The monoisotopic (exact) mass is 218 g/mol. The molecule has 0 saturated carbocycles. The Morgan fingerprint density at radius 1 is 1.13 bits per heavy atom. The lowest BCUT2D eigenvalue weighted by Crippen LogP contribution is -2.52. The van der Waals surface area contributed by atoms with Gasteiger partial charge in [0.15, 0.2) is 0 Å². The van der Waals surface area contributed by atoms with Crippen LogP contribution in [0.5, 0.6) is 0 Å². The molecule has 0 fully saturated rings. The summed E-state index contributed by atoms with van der Waals surface area (Å²) in [5.74, 6) is -10.8. The van der Waals surface area contributed by atoms with E-state index in [1.54, 1.807) is 0 Å². The fourth-order valence-electron chi connectivity index (χ4n) is 0.983. The van der Waals surface area contributed by atoms with Gasteiger partial charge in [0.1, 0.15) is 0 Å². The van der Waals surface area contributed by atoms with Crippen LogP contribution in [0.3, 0.4) is 0 Å². The first-order valence-corrected chi connectivity index (χ1v) is 3.91. The van der Waals surface area contributed by atoms with E-state index < -0.39 is 23.2 Å². The maximum Gasteiger partial charge on any atom is 0.371 e. The smallest absolute Gasteiger partial charge is 0.371 e. The second-order valence-corrected chi connectivity index (χ2v) is 2.92. The summed E-state index contributed by atoms with van der Waals surface area (Å²) >= 11 is 0. The molecule has 0 saturated heterocycles. The summed E-state index contributed by atoms with van der Waals surface area (Å²) in [6, 6.07) is 5.73. The second-order valence-electron chi connectivity index (χ2n) is 2.92. The number of aliphatic carboxylic acids is 1. The van der Waals surface area contributed by atoms with Crippen LogP contribution in [0.2, 0.25) is 0 Å². The number of alkyl halides is 2. The number of rotatable bonds is 3. The standard InChI is InChI=1S/C9H8F2O4/c10-8(11,9(14,15)7(12)13)6-4-2-1-3-5-6/h1-5,14-15H,(H,12,13). The maximum absolute atomic E-state index is 13.3. The topological polar surface area (TPSA) is 77.8 Å². The second kappa shape index (κ2) is 3.56. The molecular weight excluding hydrogens is 210 g/mol. The van der Waals surface area contributed by atoms with Crippen molar-refractivity contribution >= 4 is 5.97 Å². The predicted molar refractivity (Wildman–Crippen MR) is 45.1 cm³/mol. The van der Waals surface area contributed by atoms with Crippen LogP contribution < -0.4 is 0 Å². The lowest BCUT2D eigenvalue weighted by atomic mass is 10.0. The molecule has 6 heteroatoms. The molecule has 15 heavy (non-hydrogen) atoms. The SMILES string of the molecule is O=C(O)C(O)(O)C(F)(F)c1ccccc1. The van der Waals surface area contributed by atoms with Crippen molar-refractivity contribution in [3.63, 3.8) is 0 Å². The van der Waals surface area contributed by atoms with Gasteiger partial charge in [-0.3, -0.25) is 0 Å². The first-order valence-electron chi connectivity index (χ1n) is 3.91. The number of aliphatic hydroxyl groups is 2. The Morgan fingerprint density at radius 3 is 2.00 bits per heavy atom. The minimum Gasteiger partial charge on any atom is -0.477 e. The first-order chi connectivity index (χ1) is 6.80. The van der Waals surface area contributed by atoms with Crippen molar-refractivity contribution in [2.75, 3.05) is 0 Å². The molecule has 1 aromatic carbocycles. The third-order valence-corrected chi connectivity index (χ3v) is 1.87. The molecule has 0 aliphatic rings. The number of benzene rings is 1. The molecule has 0 aliphatic heterocycles. The number of carbonyl (C=O) groups is 1. The van der Waals surface area contributed by atoms with Gasteiger partial charge in [-0.15, -0.1) is 0 Å². The van der Waals surface area contributed by atoms with E-state index in [9.17, 15) is 13.6 Å². The summed E-state index contributed by atoms with van der Waals surface area (Å²) in [5, 5.41) is 25.8. The fraction of sp³-hybridized carbons (Fsp3) is 0.222. The predicted octanol–water partition coefficient (Wildman–Crippen LogP) is 0.544. The van der Waals surface area contributed by atoms with Crippen LogP contribution in [0.25, 0.3) is 0 Å². The highest BCUT2D eigenvalue weighted by Crippen LogP contribution is 2.37. The number of halogens is 2. The van der Waals surface area contributed by atoms with E-state index in [0.717, 1.165) is 12.1 Å². The van der Waals surface area contributed by atoms with Gasteiger partial charge in [0.2, 0.25) is 0 Å². The molecule has 0 unspecified atom stereocenters. The molecule has 0 spiro atoms. The Hall–Kier alpha value is -1.53. The molecule has 0 aliphatic carbocycles. The number of hydrogen-bond donors (Lipinski definition) is 3. The van der Waals surface area contributed by atoms with Crippen LogP contribution in [-0.4, -0.2) is 27.1 Å². The molecule has 0 amide bonds. The van der Waals surface area contributed by atoms with Gasteiger partial charge in [-0.1, -0.05) is 30.3 Å². The average molecular weight is 218 g/mol. The van der Waals surface area contributed by atoms with Crippen molar-refractivity contribution in [3.05, 3.63) is 35.9 Å². The fourth-order valence-corrected chi connectivity index (χ4v) is 0.983. The van der Waals surface area contributed by atoms with E-state index in [-0.39, 0.29) is 0 Å². The molecule has 0 radical (unpaired) electrons. The van der Waals surface area contributed by atoms with Crippen molar-refractivity contribution in [1.29, 1.82) is 0 Å². The van der Waals surface area contributed by atoms with E-state index in [1.807, 2.05) is 0 Å². The minimum absolute atomic E-state index is 0.780. The molecule has 3 N–H and O–H groups in total. The van der Waals surface area contributed by atoms with Crippen LogP contribution in [-0.2, 0) is 10.7 Å². The van der Waals surface area contributed by atoms with Crippen LogP contribution in [0.15, 0.2) is 30.3 Å². The molecule has 0 bridgehead atoms. The Morgan fingerprint density at radius 2 is 1.60 bits per heavy atom. The van der Waals surface area contributed by atoms with Gasteiger partial charge >= 0.3 is 17.7 Å². The summed E-state index contributed by atoms with van der Waals surface area (Å²) in [7, 11) is 0. The molecule has 1 aromatic rings. The van der Waals surface area contributed by atoms with E-state index >= 15 is 0 Å². The Balaban J connectivity index is 3.19. The van der Waals surface area contributed by atoms with Crippen LogP contribution >= 0.6 is 0 Å². The van der Waals surface area contributed by atoms with Crippen molar-refractivity contribution in [1.82, 2.24) is 0 Å². The first kappa shape index (κ1) is 11.5. The Labute approximate surface area is 83.4 Å². The molecule has 0 atom stereocenters. The zero-order valence-electron chi connectivity index (χ0n) is 7.39. The lowest BCUT2D eigenvalue weighted by molar-refractivity contribution is -0.294. The van der Waals surface area contributed by atoms with E-state index in [1.165, 1.54) is 18.2 Å². The number of hydrogen-bond acceptors (Lipinski definition) is 3. The lowest BCUT2D eigenvalue weighted by Gasteiger charge is -2.26. The molecular formula is C9H8F2O4. The van der Waals surface area contributed by atoms with E-state index in [4.69, 9.17) is 15.3 Å². The summed E-state index contributed by atoms with van der Waals surface area (Å²) in [6.07, 6.45) is 0. The average Bonchev–Trinajstić information content (AvgIpc) is 2.18. The van der Waals surface area contributed by atoms with Gasteiger partial charge in [0, 0.05) is 5.56 Å². The highest BCUT2D eigenvalue weighted by Gasteiger charge is 2.59. The molecule has 0 heterocycles. The Bertz CT molecular complexity index is 362. The third-order valence-electron chi connectivity index (χ3n) is 1.87. The van der Waals surface area contributed by atoms with E-state index in [0.29, 0.717) is 0 Å². The van der Waals surface area contributed by atoms with Crippen molar-refractivity contribution in [2.24, 2.45) is 0 Å². The van der Waals surface area contributed by atoms with Crippen molar-refractivity contribution < 1.29 is 28.9 Å². The largest absolute Gasteiger partial charge is 0.477 e. The molecule has 4 nitrogen and oxygen atoms in total. The summed E-state index contributed by atoms with van der Waals surface area (Å²) in [6.45, 7) is 0.